The number of nitrogens with one attached hydrogen (secondary N) is 1. The van der Waals surface area contributed by atoms with Crippen LogP contribution in [-0.4, -0.2) is 39.5 Å². The zero-order valence-corrected chi connectivity index (χ0v) is 13.9. The van der Waals surface area contributed by atoms with Crippen molar-refractivity contribution in [3.8, 4) is 0 Å². The number of thioether (sulfide) groups is 1. The third-order valence-electron chi connectivity index (χ3n) is 3.66. The molecule has 1 aliphatic heterocycles. The zero-order valence-electron chi connectivity index (χ0n) is 12.3. The minimum absolute atomic E-state index is 0.487. The van der Waals surface area contributed by atoms with E-state index in [1.165, 1.54) is 23.0 Å². The fourth-order valence-corrected chi connectivity index (χ4v) is 4.30. The topological polar surface area (TPSA) is 32.6 Å². The molecule has 1 N–H and O–H groups in total. The fourth-order valence-electron chi connectivity index (χ4n) is 2.56. The summed E-state index contributed by atoms with van der Waals surface area (Å²) in [5, 5.41) is 5.65. The van der Waals surface area contributed by atoms with Gasteiger partial charge in [0.15, 0.2) is 10.8 Å². The van der Waals surface area contributed by atoms with Crippen molar-refractivity contribution in [2.75, 3.05) is 23.0 Å². The normalized spacial score (nSPS) is 20.2. The van der Waals surface area contributed by atoms with Crippen LogP contribution in [0.3, 0.4) is 0 Å². The Morgan fingerprint density at radius 3 is 3.10 bits per heavy atom. The average Bonchev–Trinajstić information content (AvgIpc) is 2.97. The van der Waals surface area contributed by atoms with Crippen molar-refractivity contribution in [3.63, 3.8) is 0 Å². The van der Waals surface area contributed by atoms with Gasteiger partial charge in [0, 0.05) is 48.3 Å². The Labute approximate surface area is 128 Å². The average molecular weight is 310 g/mol. The van der Waals surface area contributed by atoms with Gasteiger partial charge in [0.1, 0.15) is 0 Å². The van der Waals surface area contributed by atoms with Crippen molar-refractivity contribution in [2.24, 2.45) is 0 Å². The lowest BCUT2D eigenvalue weighted by Gasteiger charge is -2.34. The molecule has 110 valence electrons. The van der Waals surface area contributed by atoms with Crippen LogP contribution in [0.4, 0.5) is 5.82 Å². The highest BCUT2D eigenvalue weighted by Gasteiger charge is 2.25. The van der Waals surface area contributed by atoms with E-state index in [2.05, 4.69) is 47.0 Å². The van der Waals surface area contributed by atoms with Gasteiger partial charge in [-0.2, -0.15) is 11.8 Å². The van der Waals surface area contributed by atoms with Crippen molar-refractivity contribution in [2.45, 2.75) is 39.4 Å². The van der Waals surface area contributed by atoms with E-state index in [4.69, 9.17) is 4.98 Å². The quantitative estimate of drug-likeness (QED) is 0.941. The van der Waals surface area contributed by atoms with Gasteiger partial charge in [0.05, 0.1) is 5.69 Å². The van der Waals surface area contributed by atoms with E-state index in [0.29, 0.717) is 12.1 Å². The van der Waals surface area contributed by atoms with Crippen LogP contribution in [0.1, 0.15) is 26.5 Å². The summed E-state index contributed by atoms with van der Waals surface area (Å²) in [6, 6.07) is 1.05. The van der Waals surface area contributed by atoms with E-state index in [1.807, 2.05) is 11.8 Å². The molecule has 0 amide bonds. The first-order chi connectivity index (χ1) is 9.66. The molecule has 0 bridgehead atoms. The highest BCUT2D eigenvalue weighted by molar-refractivity contribution is 7.99. The second-order valence-electron chi connectivity index (χ2n) is 5.59. The van der Waals surface area contributed by atoms with E-state index in [0.717, 1.165) is 18.1 Å². The number of rotatable bonds is 4. The molecule has 20 heavy (non-hydrogen) atoms. The van der Waals surface area contributed by atoms with Gasteiger partial charge in [-0.3, -0.25) is 4.40 Å². The summed E-state index contributed by atoms with van der Waals surface area (Å²) in [6.45, 7) is 8.66. The van der Waals surface area contributed by atoms with Gasteiger partial charge < -0.3 is 10.2 Å². The summed E-state index contributed by atoms with van der Waals surface area (Å²) in [5.41, 5.74) is 1.30. The van der Waals surface area contributed by atoms with Crippen LogP contribution < -0.4 is 10.2 Å². The molecule has 1 saturated heterocycles. The van der Waals surface area contributed by atoms with Crippen LogP contribution in [0.2, 0.25) is 0 Å². The minimum Gasteiger partial charge on any atom is -0.351 e. The van der Waals surface area contributed by atoms with Crippen LogP contribution in [0.25, 0.3) is 4.96 Å². The molecule has 0 aromatic carbocycles. The minimum atomic E-state index is 0.487. The molecule has 1 atom stereocenters. The Morgan fingerprint density at radius 2 is 2.35 bits per heavy atom. The molecule has 0 radical (unpaired) electrons. The Kier molecular flexibility index (Phi) is 4.23. The number of fused-ring (bicyclic) bond motifs is 1. The maximum atomic E-state index is 4.88. The van der Waals surface area contributed by atoms with Crippen molar-refractivity contribution in [3.05, 3.63) is 17.3 Å². The van der Waals surface area contributed by atoms with Gasteiger partial charge in [-0.25, -0.2) is 4.98 Å². The van der Waals surface area contributed by atoms with Crippen LogP contribution in [0, 0.1) is 0 Å². The Balaban J connectivity index is 1.95. The van der Waals surface area contributed by atoms with Crippen molar-refractivity contribution >= 4 is 33.9 Å². The predicted molar refractivity (Wildman–Crippen MR) is 89.2 cm³/mol. The molecule has 6 heteroatoms. The van der Waals surface area contributed by atoms with Crippen LogP contribution in [0.5, 0.6) is 0 Å². The maximum absolute atomic E-state index is 4.88. The number of anilines is 1. The molecule has 0 spiro atoms. The monoisotopic (exact) mass is 310 g/mol. The van der Waals surface area contributed by atoms with Crippen LogP contribution in [0.15, 0.2) is 11.6 Å². The van der Waals surface area contributed by atoms with Crippen LogP contribution >= 0.6 is 23.1 Å². The van der Waals surface area contributed by atoms with E-state index in [1.54, 1.807) is 11.3 Å². The van der Waals surface area contributed by atoms with E-state index >= 15 is 0 Å². The third-order valence-corrected chi connectivity index (χ3v) is 5.60. The lowest BCUT2D eigenvalue weighted by Crippen LogP contribution is -2.41. The number of hydrogen-bond donors (Lipinski definition) is 1. The Hall–Kier alpha value is -0.720. The summed E-state index contributed by atoms with van der Waals surface area (Å²) in [7, 11) is 0. The lowest BCUT2D eigenvalue weighted by atomic mass is 10.2. The molecule has 1 unspecified atom stereocenters. The first-order valence-corrected chi connectivity index (χ1v) is 9.22. The molecule has 2 aromatic rings. The largest absolute Gasteiger partial charge is 0.351 e. The SMILES string of the molecule is CC(C)NCc1c(N2CCSCC2C)nc2sccn12. The van der Waals surface area contributed by atoms with Crippen molar-refractivity contribution in [1.82, 2.24) is 14.7 Å². The summed E-state index contributed by atoms with van der Waals surface area (Å²) in [5.74, 6) is 3.58. The molecule has 2 aromatic heterocycles. The van der Waals surface area contributed by atoms with Gasteiger partial charge in [-0.05, 0) is 6.92 Å². The molecule has 0 saturated carbocycles. The molecule has 0 aliphatic carbocycles. The van der Waals surface area contributed by atoms with Gasteiger partial charge >= 0.3 is 0 Å². The molecule has 4 nitrogen and oxygen atoms in total. The first-order valence-electron chi connectivity index (χ1n) is 7.19. The zero-order chi connectivity index (χ0) is 14.1. The Bertz CT molecular complexity index is 575. The number of hydrogen-bond acceptors (Lipinski definition) is 5. The van der Waals surface area contributed by atoms with E-state index < -0.39 is 0 Å². The van der Waals surface area contributed by atoms with E-state index in [-0.39, 0.29) is 0 Å². The Morgan fingerprint density at radius 1 is 1.50 bits per heavy atom. The van der Waals surface area contributed by atoms with Crippen molar-refractivity contribution in [1.29, 1.82) is 0 Å². The first kappa shape index (κ1) is 14.2. The van der Waals surface area contributed by atoms with Gasteiger partial charge in [-0.1, -0.05) is 13.8 Å². The van der Waals surface area contributed by atoms with Gasteiger partial charge in [0.25, 0.3) is 0 Å². The highest BCUT2D eigenvalue weighted by Crippen LogP contribution is 2.29. The number of nitrogens with zero attached hydrogens (tertiary/aromatic N) is 3. The summed E-state index contributed by atoms with van der Waals surface area (Å²) >= 11 is 3.76. The van der Waals surface area contributed by atoms with Gasteiger partial charge in [-0.15, -0.1) is 11.3 Å². The lowest BCUT2D eigenvalue weighted by molar-refractivity contribution is 0.576. The second kappa shape index (κ2) is 5.95. The van der Waals surface area contributed by atoms with E-state index in [9.17, 15) is 0 Å². The molecular weight excluding hydrogens is 288 g/mol. The fraction of sp³-hybridized carbons (Fsp3) is 0.643. The second-order valence-corrected chi connectivity index (χ2v) is 7.61. The highest BCUT2D eigenvalue weighted by atomic mass is 32.2. The predicted octanol–water partition coefficient (Wildman–Crippen LogP) is 2.84. The molecule has 1 aliphatic rings. The standard InChI is InChI=1S/C14H22N4S2/c1-10(2)15-8-12-13(16-14-18(12)5-7-20-14)17-4-6-19-9-11(17)3/h5,7,10-11,15H,4,6,8-9H2,1-3H3. The van der Waals surface area contributed by atoms with Crippen molar-refractivity contribution < 1.29 is 0 Å². The number of aromatic nitrogens is 2. The maximum Gasteiger partial charge on any atom is 0.195 e. The summed E-state index contributed by atoms with van der Waals surface area (Å²) in [6.07, 6.45) is 2.14. The third kappa shape index (κ3) is 2.69. The molecule has 3 rings (SSSR count). The molecular formula is C14H22N4S2. The number of thiazole rings is 1. The molecule has 3 heterocycles. The van der Waals surface area contributed by atoms with Gasteiger partial charge in [0.2, 0.25) is 0 Å². The van der Waals surface area contributed by atoms with Crippen LogP contribution in [-0.2, 0) is 6.54 Å². The summed E-state index contributed by atoms with van der Waals surface area (Å²) < 4.78 is 2.24. The summed E-state index contributed by atoms with van der Waals surface area (Å²) in [4.78, 5) is 8.47. The molecule has 1 fully saturated rings. The smallest absolute Gasteiger partial charge is 0.195 e. The number of imidazole rings is 1.